The minimum atomic E-state index is -1.76. The number of hydrogen-bond donors (Lipinski definition) is 0. The molecule has 0 saturated heterocycles. The largest absolute Gasteiger partial charge is 0.500 e. The number of nitrogens with zero attached hydrogens (tertiary/aromatic N) is 1. The van der Waals surface area contributed by atoms with Crippen molar-refractivity contribution in [3.8, 4) is 5.75 Å². The van der Waals surface area contributed by atoms with Crippen molar-refractivity contribution in [3.05, 3.63) is 71.7 Å². The molecule has 31 heavy (non-hydrogen) atoms. The van der Waals surface area contributed by atoms with Crippen LogP contribution in [-0.4, -0.2) is 40.2 Å². The van der Waals surface area contributed by atoms with E-state index in [1.165, 1.54) is 25.7 Å². The van der Waals surface area contributed by atoms with Crippen LogP contribution in [0, 0.1) is 6.92 Å². The number of ether oxygens (including phenoxy) is 3. The molecule has 0 spiro atoms. The SMILES string of the molecule is CC[Si](C)(CON=C(C)c1ccc(C)c(OC(=COC)C(=O)OC)c1)c1ccccc1. The molecule has 0 bridgehead atoms. The van der Waals surface area contributed by atoms with E-state index in [1.807, 2.05) is 38.1 Å². The van der Waals surface area contributed by atoms with Crippen molar-refractivity contribution in [2.75, 3.05) is 20.4 Å². The van der Waals surface area contributed by atoms with E-state index in [1.54, 1.807) is 0 Å². The van der Waals surface area contributed by atoms with Crippen molar-refractivity contribution < 1.29 is 23.8 Å². The smallest absolute Gasteiger partial charge is 0.377 e. The van der Waals surface area contributed by atoms with Crippen molar-refractivity contribution in [3.63, 3.8) is 0 Å². The average Bonchev–Trinajstić information content (AvgIpc) is 2.79. The highest BCUT2D eigenvalue weighted by molar-refractivity contribution is 6.90. The van der Waals surface area contributed by atoms with Crippen molar-refractivity contribution >= 4 is 24.9 Å². The van der Waals surface area contributed by atoms with Gasteiger partial charge in [-0.3, -0.25) is 0 Å². The monoisotopic (exact) mass is 441 g/mol. The molecule has 0 aliphatic heterocycles. The fourth-order valence-electron chi connectivity index (χ4n) is 2.93. The zero-order chi connectivity index (χ0) is 22.9. The number of esters is 1. The van der Waals surface area contributed by atoms with Gasteiger partial charge < -0.3 is 19.0 Å². The topological polar surface area (TPSA) is 66.3 Å². The summed E-state index contributed by atoms with van der Waals surface area (Å²) in [7, 11) is 0.963. The van der Waals surface area contributed by atoms with Crippen molar-refractivity contribution in [1.82, 2.24) is 0 Å². The standard InChI is InChI=1S/C24H31NO5Si/c1-7-31(6,21-11-9-8-10-12-21)17-29-25-19(3)20-14-13-18(2)22(15-20)30-23(16-27-4)24(26)28-5/h8-16H,7,17H2,1-6H3. The van der Waals surface area contributed by atoms with Crippen molar-refractivity contribution in [1.29, 1.82) is 0 Å². The molecule has 0 heterocycles. The number of carbonyl (C=O) groups excluding carboxylic acids is 1. The van der Waals surface area contributed by atoms with Gasteiger partial charge in [0, 0.05) is 5.56 Å². The lowest BCUT2D eigenvalue weighted by molar-refractivity contribution is -0.138. The lowest BCUT2D eigenvalue weighted by atomic mass is 10.1. The number of hydrogen-bond acceptors (Lipinski definition) is 6. The van der Waals surface area contributed by atoms with E-state index in [2.05, 4.69) is 42.9 Å². The second-order valence-corrected chi connectivity index (χ2v) is 12.2. The summed E-state index contributed by atoms with van der Waals surface area (Å²) in [6, 6.07) is 17.2. The molecule has 0 aliphatic rings. The Morgan fingerprint density at radius 1 is 1.13 bits per heavy atom. The molecule has 0 amide bonds. The number of benzene rings is 2. The highest BCUT2D eigenvalue weighted by Gasteiger charge is 2.28. The molecular weight excluding hydrogens is 410 g/mol. The zero-order valence-corrected chi connectivity index (χ0v) is 20.1. The van der Waals surface area contributed by atoms with Gasteiger partial charge in [-0.2, -0.15) is 0 Å². The van der Waals surface area contributed by atoms with Gasteiger partial charge in [0.15, 0.2) is 0 Å². The molecule has 2 aromatic rings. The normalized spacial score (nSPS) is 13.9. The Balaban J connectivity index is 2.17. The molecule has 0 radical (unpaired) electrons. The third kappa shape index (κ3) is 6.46. The first kappa shape index (κ1) is 24.2. The molecule has 0 aliphatic carbocycles. The van der Waals surface area contributed by atoms with Crippen LogP contribution in [0.25, 0.3) is 0 Å². The molecule has 166 valence electrons. The summed E-state index contributed by atoms with van der Waals surface area (Å²) < 4.78 is 15.4. The third-order valence-corrected chi connectivity index (χ3v) is 9.33. The Bertz CT molecular complexity index is 942. The van der Waals surface area contributed by atoms with Gasteiger partial charge >= 0.3 is 5.97 Å². The second kappa shape index (κ2) is 11.4. The fraction of sp³-hybridized carbons (Fsp3) is 0.333. The number of methoxy groups -OCH3 is 2. The summed E-state index contributed by atoms with van der Waals surface area (Å²) in [6.07, 6.45) is 1.81. The van der Waals surface area contributed by atoms with Gasteiger partial charge in [0.2, 0.25) is 5.76 Å². The Labute approximate surface area is 185 Å². The van der Waals surface area contributed by atoms with Crippen LogP contribution in [0.1, 0.15) is 25.0 Å². The van der Waals surface area contributed by atoms with Gasteiger partial charge in [-0.15, -0.1) is 0 Å². The number of rotatable bonds is 10. The van der Waals surface area contributed by atoms with Crippen LogP contribution in [0.15, 0.2) is 65.7 Å². The zero-order valence-electron chi connectivity index (χ0n) is 19.1. The fourth-order valence-corrected chi connectivity index (χ4v) is 5.06. The van der Waals surface area contributed by atoms with Gasteiger partial charge in [-0.25, -0.2) is 4.79 Å². The van der Waals surface area contributed by atoms with E-state index >= 15 is 0 Å². The summed E-state index contributed by atoms with van der Waals surface area (Å²) >= 11 is 0. The van der Waals surface area contributed by atoms with E-state index < -0.39 is 14.0 Å². The predicted molar refractivity (Wildman–Crippen MR) is 125 cm³/mol. The maximum Gasteiger partial charge on any atom is 0.377 e. The van der Waals surface area contributed by atoms with Crippen molar-refractivity contribution in [2.45, 2.75) is 33.4 Å². The van der Waals surface area contributed by atoms with Gasteiger partial charge in [-0.1, -0.05) is 72.3 Å². The Kier molecular flexibility index (Phi) is 8.87. The van der Waals surface area contributed by atoms with E-state index in [9.17, 15) is 4.79 Å². The van der Waals surface area contributed by atoms with Gasteiger partial charge in [0.05, 0.1) is 19.9 Å². The van der Waals surface area contributed by atoms with E-state index in [-0.39, 0.29) is 5.76 Å². The molecule has 0 fully saturated rings. The van der Waals surface area contributed by atoms with Gasteiger partial charge in [-0.05, 0) is 25.5 Å². The molecule has 0 N–H and O–H groups in total. The lowest BCUT2D eigenvalue weighted by Crippen LogP contribution is -2.48. The Morgan fingerprint density at radius 2 is 1.84 bits per heavy atom. The highest BCUT2D eigenvalue weighted by atomic mass is 28.3. The van der Waals surface area contributed by atoms with Gasteiger partial charge in [0.25, 0.3) is 0 Å². The number of aryl methyl sites for hydroxylation is 1. The average molecular weight is 442 g/mol. The first-order valence-electron chi connectivity index (χ1n) is 10.2. The number of carbonyl (C=O) groups is 1. The van der Waals surface area contributed by atoms with Crippen LogP contribution in [0.5, 0.6) is 5.75 Å². The van der Waals surface area contributed by atoms with Crippen LogP contribution in [0.3, 0.4) is 0 Å². The van der Waals surface area contributed by atoms with Crippen molar-refractivity contribution in [2.24, 2.45) is 5.16 Å². The number of oxime groups is 1. The molecule has 2 rings (SSSR count). The summed E-state index contributed by atoms with van der Waals surface area (Å²) in [5.41, 5.74) is 2.42. The molecular formula is C24H31NO5Si. The van der Waals surface area contributed by atoms with Crippen LogP contribution >= 0.6 is 0 Å². The molecule has 0 saturated carbocycles. The summed E-state index contributed by atoms with van der Waals surface area (Å²) in [6.45, 7) is 8.28. The quantitative estimate of drug-likeness (QED) is 0.137. The lowest BCUT2D eigenvalue weighted by Gasteiger charge is -2.24. The molecule has 7 heteroatoms. The minimum Gasteiger partial charge on any atom is -0.500 e. The van der Waals surface area contributed by atoms with Crippen LogP contribution in [0.4, 0.5) is 0 Å². The Morgan fingerprint density at radius 3 is 2.45 bits per heavy atom. The molecule has 1 atom stereocenters. The second-order valence-electron chi connectivity index (χ2n) is 7.52. The molecule has 6 nitrogen and oxygen atoms in total. The van der Waals surface area contributed by atoms with E-state index in [4.69, 9.17) is 19.0 Å². The van der Waals surface area contributed by atoms with Crippen LogP contribution in [0.2, 0.25) is 12.6 Å². The first-order chi connectivity index (χ1) is 14.8. The maximum atomic E-state index is 11.9. The highest BCUT2D eigenvalue weighted by Crippen LogP contribution is 2.23. The summed E-state index contributed by atoms with van der Waals surface area (Å²) in [4.78, 5) is 17.7. The Hall–Kier alpha value is -3.06. The maximum absolute atomic E-state index is 11.9. The predicted octanol–water partition coefficient (Wildman–Crippen LogP) is 4.32. The van der Waals surface area contributed by atoms with E-state index in [0.29, 0.717) is 12.0 Å². The molecule has 2 aromatic carbocycles. The third-order valence-electron chi connectivity index (χ3n) is 5.27. The van der Waals surface area contributed by atoms with Crippen LogP contribution < -0.4 is 9.92 Å². The summed E-state index contributed by atoms with van der Waals surface area (Å²) in [5, 5.41) is 5.71. The first-order valence-corrected chi connectivity index (χ1v) is 13.1. The van der Waals surface area contributed by atoms with E-state index in [0.717, 1.165) is 22.9 Å². The minimum absolute atomic E-state index is 0.0383. The molecule has 0 aromatic heterocycles. The van der Waals surface area contributed by atoms with Gasteiger partial charge in [0.1, 0.15) is 26.3 Å². The van der Waals surface area contributed by atoms with Crippen LogP contribution in [-0.2, 0) is 19.1 Å². The molecule has 1 unspecified atom stereocenters. The summed E-state index contributed by atoms with van der Waals surface area (Å²) in [5.74, 6) is -0.147.